The summed E-state index contributed by atoms with van der Waals surface area (Å²) in [4.78, 5) is 11.0. The van der Waals surface area contributed by atoms with E-state index in [0.717, 1.165) is 23.7 Å². The lowest BCUT2D eigenvalue weighted by Crippen LogP contribution is -1.97. The Balaban J connectivity index is 2.09. The van der Waals surface area contributed by atoms with E-state index in [1.54, 1.807) is 6.07 Å². The van der Waals surface area contributed by atoms with Gasteiger partial charge in [-0.3, -0.25) is 4.79 Å². The molecule has 0 saturated heterocycles. The summed E-state index contributed by atoms with van der Waals surface area (Å²) in [5.41, 5.74) is 3.04. The van der Waals surface area contributed by atoms with Crippen LogP contribution in [-0.4, -0.2) is 10.9 Å². The van der Waals surface area contributed by atoms with E-state index in [2.05, 4.69) is 41.8 Å². The summed E-state index contributed by atoms with van der Waals surface area (Å²) in [5.74, 6) is 0. The number of carbonyl (C=O) groups is 1. The molecule has 0 bridgehead atoms. The zero-order valence-corrected chi connectivity index (χ0v) is 12.4. The fourth-order valence-corrected chi connectivity index (χ4v) is 2.99. The van der Waals surface area contributed by atoms with Gasteiger partial charge < -0.3 is 4.57 Å². The first kappa shape index (κ1) is 13.9. The summed E-state index contributed by atoms with van der Waals surface area (Å²) < 4.78 is 2.34. The lowest BCUT2D eigenvalue weighted by atomic mass is 10.1. The minimum atomic E-state index is 0.691. The molecule has 0 aliphatic heterocycles. The number of para-hydroxylation sites is 1. The van der Waals surface area contributed by atoms with E-state index < -0.39 is 0 Å². The number of hydrogen-bond donors (Lipinski definition) is 0. The zero-order valence-electron chi connectivity index (χ0n) is 12.4. The summed E-state index contributed by atoms with van der Waals surface area (Å²) in [6.07, 6.45) is 5.88. The van der Waals surface area contributed by atoms with E-state index in [0.29, 0.717) is 5.56 Å². The molecule has 3 rings (SSSR count). The molecule has 2 aromatic carbocycles. The molecule has 21 heavy (non-hydrogen) atoms. The predicted molar refractivity (Wildman–Crippen MR) is 87.8 cm³/mol. The Morgan fingerprint density at radius 1 is 1.14 bits per heavy atom. The Labute approximate surface area is 125 Å². The number of rotatable bonds is 6. The van der Waals surface area contributed by atoms with E-state index in [4.69, 9.17) is 0 Å². The second-order valence-electron chi connectivity index (χ2n) is 5.54. The Bertz CT molecular complexity index is 770. The fourth-order valence-electron chi connectivity index (χ4n) is 2.99. The fraction of sp³-hybridized carbons (Fsp3) is 0.316. The standard InChI is InChI=1S/C19H20NO/c1-2-3-4-7-12-20-18-9-6-5-8-16(18)17-13-15(14-21)10-11-19(17)20/h5-6,8-10,13-14H,2-4,7,12H2,1H3. The zero-order chi connectivity index (χ0) is 14.7. The number of nitrogens with zero attached hydrogens (tertiary/aromatic N) is 1. The quantitative estimate of drug-likeness (QED) is 0.460. The second-order valence-corrected chi connectivity index (χ2v) is 5.54. The molecular weight excluding hydrogens is 258 g/mol. The van der Waals surface area contributed by atoms with Gasteiger partial charge in [-0.1, -0.05) is 44.4 Å². The van der Waals surface area contributed by atoms with Gasteiger partial charge in [0, 0.05) is 34.5 Å². The highest BCUT2D eigenvalue weighted by atomic mass is 16.1. The van der Waals surface area contributed by atoms with Crippen LogP contribution in [0, 0.1) is 6.07 Å². The Morgan fingerprint density at radius 3 is 2.81 bits per heavy atom. The maximum Gasteiger partial charge on any atom is 0.150 e. The number of benzene rings is 2. The van der Waals surface area contributed by atoms with Crippen molar-refractivity contribution in [1.82, 2.24) is 4.57 Å². The number of carbonyl (C=O) groups excluding carboxylic acids is 1. The molecule has 0 aliphatic rings. The predicted octanol–water partition coefficient (Wildman–Crippen LogP) is 4.99. The smallest absolute Gasteiger partial charge is 0.150 e. The third-order valence-electron chi connectivity index (χ3n) is 4.07. The molecule has 1 radical (unpaired) electrons. The third-order valence-corrected chi connectivity index (χ3v) is 4.07. The van der Waals surface area contributed by atoms with Gasteiger partial charge in [0.25, 0.3) is 0 Å². The van der Waals surface area contributed by atoms with Gasteiger partial charge in [0.05, 0.1) is 5.52 Å². The first-order valence-corrected chi connectivity index (χ1v) is 7.73. The monoisotopic (exact) mass is 278 g/mol. The molecule has 1 heterocycles. The van der Waals surface area contributed by atoms with Crippen LogP contribution in [0.1, 0.15) is 43.0 Å². The number of aryl methyl sites for hydroxylation is 1. The SMILES string of the molecule is CCCCCCn1c2[c]cc(C=O)cc2c2ccccc21. The van der Waals surface area contributed by atoms with Crippen molar-refractivity contribution in [2.24, 2.45) is 0 Å². The molecule has 0 saturated carbocycles. The summed E-state index contributed by atoms with van der Waals surface area (Å²) in [6.45, 7) is 3.25. The average molecular weight is 278 g/mol. The topological polar surface area (TPSA) is 22.0 Å². The van der Waals surface area contributed by atoms with E-state index in [1.165, 1.54) is 36.6 Å². The molecule has 0 unspecified atom stereocenters. The largest absolute Gasteiger partial charge is 0.340 e. The van der Waals surface area contributed by atoms with Crippen LogP contribution >= 0.6 is 0 Å². The minimum absolute atomic E-state index is 0.691. The molecule has 3 aromatic rings. The average Bonchev–Trinajstić information content (AvgIpc) is 2.85. The van der Waals surface area contributed by atoms with Gasteiger partial charge in [0.1, 0.15) is 6.29 Å². The Kier molecular flexibility index (Phi) is 4.05. The summed E-state index contributed by atoms with van der Waals surface area (Å²) in [5, 5.41) is 2.34. The van der Waals surface area contributed by atoms with Gasteiger partial charge in [0.2, 0.25) is 0 Å². The van der Waals surface area contributed by atoms with Crippen LogP contribution in [0.3, 0.4) is 0 Å². The first-order valence-electron chi connectivity index (χ1n) is 7.73. The maximum absolute atomic E-state index is 11.0. The van der Waals surface area contributed by atoms with Crippen molar-refractivity contribution in [2.75, 3.05) is 0 Å². The van der Waals surface area contributed by atoms with E-state index in [1.807, 2.05) is 6.07 Å². The van der Waals surface area contributed by atoms with Crippen molar-refractivity contribution >= 4 is 28.1 Å². The maximum atomic E-state index is 11.0. The van der Waals surface area contributed by atoms with Crippen LogP contribution in [0.2, 0.25) is 0 Å². The highest BCUT2D eigenvalue weighted by Gasteiger charge is 2.10. The van der Waals surface area contributed by atoms with Crippen LogP contribution in [0.4, 0.5) is 0 Å². The molecule has 0 aliphatic carbocycles. The van der Waals surface area contributed by atoms with Crippen molar-refractivity contribution in [3.05, 3.63) is 48.0 Å². The molecule has 0 fully saturated rings. The van der Waals surface area contributed by atoms with Gasteiger partial charge in [-0.05, 0) is 24.6 Å². The summed E-state index contributed by atoms with van der Waals surface area (Å²) >= 11 is 0. The van der Waals surface area contributed by atoms with Crippen LogP contribution in [0.5, 0.6) is 0 Å². The molecule has 2 heteroatoms. The Hall–Kier alpha value is -2.09. The molecule has 0 N–H and O–H groups in total. The van der Waals surface area contributed by atoms with Gasteiger partial charge in [0.15, 0.2) is 0 Å². The molecule has 1 aromatic heterocycles. The molecule has 0 spiro atoms. The van der Waals surface area contributed by atoms with Crippen molar-refractivity contribution in [2.45, 2.75) is 39.2 Å². The third kappa shape index (κ3) is 2.58. The minimum Gasteiger partial charge on any atom is -0.340 e. The lowest BCUT2D eigenvalue weighted by Gasteiger charge is -2.07. The van der Waals surface area contributed by atoms with Crippen molar-refractivity contribution in [3.8, 4) is 0 Å². The van der Waals surface area contributed by atoms with Gasteiger partial charge in [-0.25, -0.2) is 0 Å². The normalized spacial score (nSPS) is 11.3. The van der Waals surface area contributed by atoms with Crippen LogP contribution < -0.4 is 0 Å². The number of unbranched alkanes of at least 4 members (excludes halogenated alkanes) is 3. The second kappa shape index (κ2) is 6.13. The van der Waals surface area contributed by atoms with Crippen molar-refractivity contribution in [1.29, 1.82) is 0 Å². The van der Waals surface area contributed by atoms with Gasteiger partial charge in [-0.15, -0.1) is 0 Å². The molecular formula is C19H20NO. The molecule has 0 atom stereocenters. The number of fused-ring (bicyclic) bond motifs is 3. The Morgan fingerprint density at radius 2 is 2.00 bits per heavy atom. The molecule has 2 nitrogen and oxygen atoms in total. The number of aromatic nitrogens is 1. The van der Waals surface area contributed by atoms with Crippen LogP contribution in [0.15, 0.2) is 36.4 Å². The van der Waals surface area contributed by atoms with Crippen LogP contribution in [-0.2, 0) is 6.54 Å². The summed E-state index contributed by atoms with van der Waals surface area (Å²) in [6, 6.07) is 15.5. The van der Waals surface area contributed by atoms with E-state index in [-0.39, 0.29) is 0 Å². The van der Waals surface area contributed by atoms with E-state index in [9.17, 15) is 4.79 Å². The van der Waals surface area contributed by atoms with Crippen molar-refractivity contribution in [3.63, 3.8) is 0 Å². The van der Waals surface area contributed by atoms with E-state index >= 15 is 0 Å². The first-order chi connectivity index (χ1) is 10.3. The lowest BCUT2D eigenvalue weighted by molar-refractivity contribution is 0.112. The van der Waals surface area contributed by atoms with Gasteiger partial charge >= 0.3 is 0 Å². The highest BCUT2D eigenvalue weighted by molar-refractivity contribution is 6.09. The molecule has 107 valence electrons. The number of aldehydes is 1. The summed E-state index contributed by atoms with van der Waals surface area (Å²) in [7, 11) is 0. The van der Waals surface area contributed by atoms with Crippen LogP contribution in [0.25, 0.3) is 21.8 Å². The number of hydrogen-bond acceptors (Lipinski definition) is 1. The van der Waals surface area contributed by atoms with Gasteiger partial charge in [-0.2, -0.15) is 0 Å². The van der Waals surface area contributed by atoms with Crippen molar-refractivity contribution < 1.29 is 4.79 Å². The molecule has 0 amide bonds. The highest BCUT2D eigenvalue weighted by Crippen LogP contribution is 2.29.